The smallest absolute Gasteiger partial charge is 0.306 e. The van der Waals surface area contributed by atoms with Crippen LogP contribution in [0.3, 0.4) is 0 Å². The number of carbonyl (C=O) groups is 2. The Morgan fingerprint density at radius 1 is 1.20 bits per heavy atom. The molecule has 0 aromatic carbocycles. The van der Waals surface area contributed by atoms with Crippen LogP contribution < -0.4 is 5.32 Å². The minimum Gasteiger partial charge on any atom is -0.481 e. The molecule has 2 N–H and O–H groups in total. The predicted octanol–water partition coefficient (Wildman–Crippen LogP) is -1.15. The van der Waals surface area contributed by atoms with Gasteiger partial charge in [-0.3, -0.25) is 9.59 Å². The number of rotatable bonds is 3. The van der Waals surface area contributed by atoms with Crippen LogP contribution in [0, 0.1) is 5.92 Å². The molecule has 2 aliphatic rings. The third-order valence-corrected chi connectivity index (χ3v) is 5.66. The van der Waals surface area contributed by atoms with Gasteiger partial charge in [-0.25, -0.2) is 0 Å². The zero-order valence-corrected chi connectivity index (χ0v) is 11.9. The van der Waals surface area contributed by atoms with Gasteiger partial charge in [0, 0.05) is 26.2 Å². The van der Waals surface area contributed by atoms with Crippen molar-refractivity contribution < 1.29 is 23.1 Å². The van der Waals surface area contributed by atoms with Crippen molar-refractivity contribution in [3.8, 4) is 0 Å². The van der Waals surface area contributed by atoms with Crippen molar-refractivity contribution >= 4 is 22.1 Å². The Kier molecular flexibility index (Phi) is 4.61. The van der Waals surface area contributed by atoms with Gasteiger partial charge in [-0.05, 0) is 19.3 Å². The summed E-state index contributed by atoms with van der Waals surface area (Å²) < 4.78 is 27.3. The first-order valence-electron chi connectivity index (χ1n) is 6.66. The van der Waals surface area contributed by atoms with Crippen molar-refractivity contribution in [2.75, 3.05) is 32.7 Å². The van der Waals surface area contributed by atoms with E-state index in [4.69, 9.17) is 5.11 Å². The van der Waals surface area contributed by atoms with E-state index >= 15 is 0 Å². The lowest BCUT2D eigenvalue weighted by Gasteiger charge is -2.33. The SMILES string of the molecule is O=C1CN(S(=O)(=O)N2CCC(C(=O)O)CC2)CCCN1. The van der Waals surface area contributed by atoms with E-state index in [2.05, 4.69) is 5.32 Å². The lowest BCUT2D eigenvalue weighted by molar-refractivity contribution is -0.143. The maximum atomic E-state index is 12.4. The van der Waals surface area contributed by atoms with Gasteiger partial charge < -0.3 is 10.4 Å². The number of nitrogens with one attached hydrogen (secondary N) is 1. The molecule has 0 aliphatic carbocycles. The number of carboxylic acids is 1. The van der Waals surface area contributed by atoms with E-state index in [0.29, 0.717) is 32.4 Å². The molecule has 2 aliphatic heterocycles. The van der Waals surface area contributed by atoms with Crippen LogP contribution in [0.2, 0.25) is 0 Å². The van der Waals surface area contributed by atoms with Crippen molar-refractivity contribution in [3.63, 3.8) is 0 Å². The summed E-state index contributed by atoms with van der Waals surface area (Å²) in [5, 5.41) is 11.5. The zero-order chi connectivity index (χ0) is 14.8. The fraction of sp³-hybridized carbons (Fsp3) is 0.818. The first-order valence-corrected chi connectivity index (χ1v) is 8.05. The van der Waals surface area contributed by atoms with Crippen molar-refractivity contribution in [2.45, 2.75) is 19.3 Å². The van der Waals surface area contributed by atoms with E-state index < -0.39 is 22.1 Å². The molecule has 0 aromatic heterocycles. The summed E-state index contributed by atoms with van der Waals surface area (Å²) in [5.41, 5.74) is 0. The topological polar surface area (TPSA) is 107 Å². The zero-order valence-electron chi connectivity index (χ0n) is 11.1. The van der Waals surface area contributed by atoms with E-state index in [1.54, 1.807) is 0 Å². The molecule has 2 rings (SSSR count). The fourth-order valence-electron chi connectivity index (χ4n) is 2.47. The standard InChI is InChI=1S/C11H19N3O5S/c15-10-8-14(5-1-4-12-10)20(18,19)13-6-2-9(3-7-13)11(16)17/h9H,1-8H2,(H,12,15)(H,16,17). The average Bonchev–Trinajstić information content (AvgIpc) is 2.64. The van der Waals surface area contributed by atoms with Crippen LogP contribution in [0.25, 0.3) is 0 Å². The number of hydrogen-bond donors (Lipinski definition) is 2. The molecule has 0 atom stereocenters. The maximum Gasteiger partial charge on any atom is 0.306 e. The molecule has 114 valence electrons. The van der Waals surface area contributed by atoms with Crippen LogP contribution in [0.1, 0.15) is 19.3 Å². The van der Waals surface area contributed by atoms with Crippen LogP contribution in [0.4, 0.5) is 0 Å². The van der Waals surface area contributed by atoms with E-state index in [9.17, 15) is 18.0 Å². The van der Waals surface area contributed by atoms with Gasteiger partial charge in [0.25, 0.3) is 10.2 Å². The van der Waals surface area contributed by atoms with Crippen molar-refractivity contribution in [1.29, 1.82) is 0 Å². The largest absolute Gasteiger partial charge is 0.481 e. The Balaban J connectivity index is 2.03. The molecule has 1 amide bonds. The Labute approximate surface area is 117 Å². The van der Waals surface area contributed by atoms with Crippen molar-refractivity contribution in [2.24, 2.45) is 5.92 Å². The molecule has 0 unspecified atom stereocenters. The Bertz CT molecular complexity index is 484. The highest BCUT2D eigenvalue weighted by Crippen LogP contribution is 2.21. The summed E-state index contributed by atoms with van der Waals surface area (Å²) in [7, 11) is -3.68. The minimum absolute atomic E-state index is 0.165. The number of amides is 1. The third-order valence-electron chi connectivity index (χ3n) is 3.68. The minimum atomic E-state index is -3.68. The Morgan fingerprint density at radius 2 is 1.85 bits per heavy atom. The summed E-state index contributed by atoms with van der Waals surface area (Å²) in [6, 6.07) is 0. The third kappa shape index (κ3) is 3.28. The maximum absolute atomic E-state index is 12.4. The average molecular weight is 305 g/mol. The number of carbonyl (C=O) groups excluding carboxylic acids is 1. The number of carboxylic acid groups (broad SMARTS) is 1. The quantitative estimate of drug-likeness (QED) is 0.684. The molecule has 0 bridgehead atoms. The lowest BCUT2D eigenvalue weighted by atomic mass is 9.99. The molecule has 2 heterocycles. The first-order chi connectivity index (χ1) is 9.41. The van der Waals surface area contributed by atoms with Gasteiger partial charge in [0.15, 0.2) is 0 Å². The van der Waals surface area contributed by atoms with Crippen molar-refractivity contribution in [1.82, 2.24) is 13.9 Å². The monoisotopic (exact) mass is 305 g/mol. The van der Waals surface area contributed by atoms with E-state index in [0.717, 1.165) is 0 Å². The van der Waals surface area contributed by atoms with E-state index in [1.807, 2.05) is 0 Å². The van der Waals surface area contributed by atoms with Crippen LogP contribution in [0.5, 0.6) is 0 Å². The predicted molar refractivity (Wildman–Crippen MR) is 70.1 cm³/mol. The van der Waals surface area contributed by atoms with Gasteiger partial charge >= 0.3 is 5.97 Å². The molecule has 8 nitrogen and oxygen atoms in total. The van der Waals surface area contributed by atoms with Crippen LogP contribution in [-0.2, 0) is 19.8 Å². The number of hydrogen-bond acceptors (Lipinski definition) is 4. The molecule has 2 saturated heterocycles. The Morgan fingerprint density at radius 3 is 2.45 bits per heavy atom. The molecule has 20 heavy (non-hydrogen) atoms. The normalized spacial score (nSPS) is 24.1. The van der Waals surface area contributed by atoms with Crippen LogP contribution in [0.15, 0.2) is 0 Å². The van der Waals surface area contributed by atoms with Gasteiger partial charge in [-0.1, -0.05) is 0 Å². The molecule has 0 spiro atoms. The van der Waals surface area contributed by atoms with Gasteiger partial charge in [0.2, 0.25) is 5.91 Å². The second-order valence-corrected chi connectivity index (χ2v) is 6.98. The van der Waals surface area contributed by atoms with Crippen LogP contribution >= 0.6 is 0 Å². The second-order valence-electron chi connectivity index (χ2n) is 5.06. The number of nitrogens with zero attached hydrogens (tertiary/aromatic N) is 2. The van der Waals surface area contributed by atoms with Crippen molar-refractivity contribution in [3.05, 3.63) is 0 Å². The summed E-state index contributed by atoms with van der Waals surface area (Å²) in [4.78, 5) is 22.3. The molecule has 2 fully saturated rings. The highest BCUT2D eigenvalue weighted by Gasteiger charge is 2.35. The molecule has 0 aromatic rings. The second kappa shape index (κ2) is 6.06. The van der Waals surface area contributed by atoms with E-state index in [-0.39, 0.29) is 25.5 Å². The Hall–Kier alpha value is -1.19. The van der Waals surface area contributed by atoms with Gasteiger partial charge in [0.1, 0.15) is 0 Å². The number of piperidine rings is 1. The highest BCUT2D eigenvalue weighted by atomic mass is 32.2. The molecular formula is C11H19N3O5S. The summed E-state index contributed by atoms with van der Waals surface area (Å²) in [6.45, 7) is 1.00. The van der Waals surface area contributed by atoms with E-state index in [1.165, 1.54) is 8.61 Å². The highest BCUT2D eigenvalue weighted by molar-refractivity contribution is 7.86. The summed E-state index contributed by atoms with van der Waals surface area (Å²) in [6.07, 6.45) is 1.21. The molecule has 9 heteroatoms. The van der Waals surface area contributed by atoms with Gasteiger partial charge in [-0.2, -0.15) is 17.0 Å². The first kappa shape index (κ1) is 15.2. The molecule has 0 radical (unpaired) electrons. The van der Waals surface area contributed by atoms with Gasteiger partial charge in [-0.15, -0.1) is 0 Å². The fourth-order valence-corrected chi connectivity index (χ4v) is 4.11. The number of aliphatic carboxylic acids is 1. The van der Waals surface area contributed by atoms with Gasteiger partial charge in [0.05, 0.1) is 12.5 Å². The molecule has 0 saturated carbocycles. The molecular weight excluding hydrogens is 286 g/mol. The summed E-state index contributed by atoms with van der Waals surface area (Å²) >= 11 is 0. The van der Waals surface area contributed by atoms with Crippen LogP contribution in [-0.4, -0.2) is 66.7 Å². The summed E-state index contributed by atoms with van der Waals surface area (Å²) in [5.74, 6) is -1.66. The lowest BCUT2D eigenvalue weighted by Crippen LogP contribution is -2.49.